The Balaban J connectivity index is 1.89. The Labute approximate surface area is 113 Å². The van der Waals surface area contributed by atoms with Gasteiger partial charge in [0.2, 0.25) is 5.91 Å². The third-order valence-electron chi connectivity index (χ3n) is 3.90. The molecule has 0 bridgehead atoms. The Morgan fingerprint density at radius 2 is 2.16 bits per heavy atom. The zero-order valence-electron chi connectivity index (χ0n) is 11.1. The SMILES string of the molecule is NCC1CCCCC1C(=O)NCc1cccc(F)c1. The van der Waals surface area contributed by atoms with E-state index in [1.807, 2.05) is 6.07 Å². The molecule has 2 atom stereocenters. The van der Waals surface area contributed by atoms with Crippen LogP contribution in [0.15, 0.2) is 24.3 Å². The number of hydrogen-bond donors (Lipinski definition) is 2. The normalized spacial score (nSPS) is 23.1. The van der Waals surface area contributed by atoms with Crippen molar-refractivity contribution in [1.82, 2.24) is 5.32 Å². The first-order valence-corrected chi connectivity index (χ1v) is 6.93. The van der Waals surface area contributed by atoms with Crippen molar-refractivity contribution in [3.05, 3.63) is 35.6 Å². The Bertz CT molecular complexity index is 436. The lowest BCUT2D eigenvalue weighted by Crippen LogP contribution is -2.39. The summed E-state index contributed by atoms with van der Waals surface area (Å²) in [5.74, 6) is 0.0947. The van der Waals surface area contributed by atoms with E-state index in [0.717, 1.165) is 31.2 Å². The molecule has 3 N–H and O–H groups in total. The van der Waals surface area contributed by atoms with Crippen molar-refractivity contribution in [3.63, 3.8) is 0 Å². The van der Waals surface area contributed by atoms with E-state index >= 15 is 0 Å². The van der Waals surface area contributed by atoms with Crippen LogP contribution in [0.1, 0.15) is 31.2 Å². The average molecular weight is 264 g/mol. The molecule has 0 saturated heterocycles. The van der Waals surface area contributed by atoms with E-state index in [9.17, 15) is 9.18 Å². The molecule has 1 fully saturated rings. The van der Waals surface area contributed by atoms with Gasteiger partial charge in [-0.25, -0.2) is 4.39 Å². The van der Waals surface area contributed by atoms with E-state index in [1.165, 1.54) is 12.1 Å². The molecule has 3 nitrogen and oxygen atoms in total. The lowest BCUT2D eigenvalue weighted by molar-refractivity contribution is -0.127. The minimum atomic E-state index is -0.274. The highest BCUT2D eigenvalue weighted by Crippen LogP contribution is 2.29. The molecule has 0 spiro atoms. The Morgan fingerprint density at radius 1 is 1.37 bits per heavy atom. The maximum atomic E-state index is 13.0. The van der Waals surface area contributed by atoms with E-state index in [0.29, 0.717) is 19.0 Å². The number of benzene rings is 1. The monoisotopic (exact) mass is 264 g/mol. The van der Waals surface area contributed by atoms with Gasteiger partial charge in [-0.15, -0.1) is 0 Å². The Kier molecular flexibility index (Phi) is 4.91. The second-order valence-corrected chi connectivity index (χ2v) is 5.23. The van der Waals surface area contributed by atoms with E-state index in [2.05, 4.69) is 5.32 Å². The van der Waals surface area contributed by atoms with E-state index < -0.39 is 0 Å². The topological polar surface area (TPSA) is 55.1 Å². The van der Waals surface area contributed by atoms with E-state index in [-0.39, 0.29) is 17.6 Å². The molecule has 1 aromatic rings. The smallest absolute Gasteiger partial charge is 0.223 e. The Morgan fingerprint density at radius 3 is 2.89 bits per heavy atom. The molecule has 1 amide bonds. The third kappa shape index (κ3) is 3.77. The zero-order chi connectivity index (χ0) is 13.7. The standard InChI is InChI=1S/C15H21FN2O/c16-13-6-3-4-11(8-13)10-18-15(19)14-7-2-1-5-12(14)9-17/h3-4,6,8,12,14H,1-2,5,7,9-10,17H2,(H,18,19). The number of nitrogens with two attached hydrogens (primary N) is 1. The second kappa shape index (κ2) is 6.66. The quantitative estimate of drug-likeness (QED) is 0.876. The number of carbonyl (C=O) groups excluding carboxylic acids is 1. The molecule has 1 aliphatic carbocycles. The van der Waals surface area contributed by atoms with Crippen LogP contribution in [0, 0.1) is 17.7 Å². The van der Waals surface area contributed by atoms with Gasteiger partial charge < -0.3 is 11.1 Å². The summed E-state index contributed by atoms with van der Waals surface area (Å²) in [7, 11) is 0. The number of nitrogens with one attached hydrogen (secondary N) is 1. The van der Waals surface area contributed by atoms with Gasteiger partial charge in [-0.05, 0) is 43.0 Å². The van der Waals surface area contributed by atoms with Crippen molar-refractivity contribution < 1.29 is 9.18 Å². The minimum absolute atomic E-state index is 0.0207. The fourth-order valence-electron chi connectivity index (χ4n) is 2.80. The van der Waals surface area contributed by atoms with Gasteiger partial charge in [-0.3, -0.25) is 4.79 Å². The van der Waals surface area contributed by atoms with Gasteiger partial charge in [-0.1, -0.05) is 25.0 Å². The van der Waals surface area contributed by atoms with E-state index in [1.54, 1.807) is 6.07 Å². The van der Waals surface area contributed by atoms with Crippen LogP contribution in [0.4, 0.5) is 4.39 Å². The fourth-order valence-corrected chi connectivity index (χ4v) is 2.80. The second-order valence-electron chi connectivity index (χ2n) is 5.23. The van der Waals surface area contributed by atoms with Crippen molar-refractivity contribution in [2.24, 2.45) is 17.6 Å². The first kappa shape index (κ1) is 14.0. The summed E-state index contributed by atoms with van der Waals surface area (Å²) in [6.45, 7) is 0.947. The molecule has 1 aromatic carbocycles. The molecule has 0 heterocycles. The largest absolute Gasteiger partial charge is 0.352 e. The summed E-state index contributed by atoms with van der Waals surface area (Å²) in [5, 5.41) is 2.90. The molecule has 1 aliphatic rings. The van der Waals surface area contributed by atoms with Gasteiger partial charge in [0.1, 0.15) is 5.82 Å². The van der Waals surface area contributed by atoms with Crippen LogP contribution in [0.2, 0.25) is 0 Å². The van der Waals surface area contributed by atoms with Gasteiger partial charge in [0.05, 0.1) is 0 Å². The molecule has 1 saturated carbocycles. The molecule has 4 heteroatoms. The molecular weight excluding hydrogens is 243 g/mol. The van der Waals surface area contributed by atoms with Crippen LogP contribution in [-0.2, 0) is 11.3 Å². The third-order valence-corrected chi connectivity index (χ3v) is 3.90. The first-order valence-electron chi connectivity index (χ1n) is 6.93. The summed E-state index contributed by atoms with van der Waals surface area (Å²) < 4.78 is 13.0. The molecule has 2 unspecified atom stereocenters. The summed E-state index contributed by atoms with van der Waals surface area (Å²) >= 11 is 0. The summed E-state index contributed by atoms with van der Waals surface area (Å²) in [5.41, 5.74) is 6.51. The number of carbonyl (C=O) groups is 1. The highest BCUT2D eigenvalue weighted by atomic mass is 19.1. The van der Waals surface area contributed by atoms with Crippen LogP contribution < -0.4 is 11.1 Å². The Hall–Kier alpha value is -1.42. The molecular formula is C15H21FN2O. The van der Waals surface area contributed by atoms with Gasteiger partial charge in [0.25, 0.3) is 0 Å². The van der Waals surface area contributed by atoms with Gasteiger partial charge in [-0.2, -0.15) is 0 Å². The first-order chi connectivity index (χ1) is 9.20. The average Bonchev–Trinajstić information content (AvgIpc) is 2.45. The molecule has 0 radical (unpaired) electrons. The van der Waals surface area contributed by atoms with Crippen molar-refractivity contribution in [2.45, 2.75) is 32.2 Å². The van der Waals surface area contributed by atoms with Gasteiger partial charge in [0, 0.05) is 12.5 Å². The maximum Gasteiger partial charge on any atom is 0.223 e. The summed E-state index contributed by atoms with van der Waals surface area (Å²) in [6, 6.07) is 6.31. The van der Waals surface area contributed by atoms with Crippen LogP contribution in [0.5, 0.6) is 0 Å². The van der Waals surface area contributed by atoms with Crippen molar-refractivity contribution in [1.29, 1.82) is 0 Å². The summed E-state index contributed by atoms with van der Waals surface area (Å²) in [6.07, 6.45) is 4.20. The van der Waals surface area contributed by atoms with Crippen LogP contribution in [0.3, 0.4) is 0 Å². The van der Waals surface area contributed by atoms with Crippen LogP contribution in [-0.4, -0.2) is 12.5 Å². The molecule has 104 valence electrons. The number of rotatable bonds is 4. The molecule has 0 aromatic heterocycles. The highest BCUT2D eigenvalue weighted by molar-refractivity contribution is 5.79. The van der Waals surface area contributed by atoms with Crippen molar-refractivity contribution in [2.75, 3.05) is 6.54 Å². The molecule has 0 aliphatic heterocycles. The number of halogens is 1. The maximum absolute atomic E-state index is 13.0. The number of amides is 1. The zero-order valence-corrected chi connectivity index (χ0v) is 11.1. The van der Waals surface area contributed by atoms with Crippen LogP contribution in [0.25, 0.3) is 0 Å². The van der Waals surface area contributed by atoms with Crippen molar-refractivity contribution >= 4 is 5.91 Å². The van der Waals surface area contributed by atoms with Gasteiger partial charge >= 0.3 is 0 Å². The predicted molar refractivity (Wildman–Crippen MR) is 72.7 cm³/mol. The summed E-state index contributed by atoms with van der Waals surface area (Å²) in [4.78, 5) is 12.2. The predicted octanol–water partition coefficient (Wildman–Crippen LogP) is 2.21. The van der Waals surface area contributed by atoms with Gasteiger partial charge in [0.15, 0.2) is 0 Å². The minimum Gasteiger partial charge on any atom is -0.352 e. The highest BCUT2D eigenvalue weighted by Gasteiger charge is 2.29. The molecule has 19 heavy (non-hydrogen) atoms. The molecule has 2 rings (SSSR count). The lowest BCUT2D eigenvalue weighted by Gasteiger charge is -2.29. The van der Waals surface area contributed by atoms with Crippen LogP contribution >= 0.6 is 0 Å². The van der Waals surface area contributed by atoms with E-state index in [4.69, 9.17) is 5.73 Å². The number of hydrogen-bond acceptors (Lipinski definition) is 2. The van der Waals surface area contributed by atoms with Crippen molar-refractivity contribution in [3.8, 4) is 0 Å². The fraction of sp³-hybridized carbons (Fsp3) is 0.533. The lowest BCUT2D eigenvalue weighted by atomic mass is 9.79.